The predicted molar refractivity (Wildman–Crippen MR) is 174 cm³/mol. The van der Waals surface area contributed by atoms with Crippen LogP contribution in [0, 0.1) is 0 Å². The summed E-state index contributed by atoms with van der Waals surface area (Å²) in [5.41, 5.74) is 1.96. The molecule has 236 valence electrons. The molecule has 0 radical (unpaired) electrons. The van der Waals surface area contributed by atoms with E-state index in [0.29, 0.717) is 33.6 Å². The van der Waals surface area contributed by atoms with Crippen LogP contribution in [0.25, 0.3) is 33.2 Å². The number of carbonyl (C=O) groups excluding carboxylic acids is 2. The number of hydrogen-bond acceptors (Lipinski definition) is 9. The number of hydrogen-bond donors (Lipinski definition) is 4. The number of aromatic nitrogens is 3. The number of imidazole rings is 1. The van der Waals surface area contributed by atoms with Gasteiger partial charge in [-0.1, -0.05) is 12.1 Å². The fourth-order valence-corrected chi connectivity index (χ4v) is 6.22. The van der Waals surface area contributed by atoms with Crippen LogP contribution in [0.4, 0.5) is 5.69 Å². The molecule has 0 spiro atoms. The lowest BCUT2D eigenvalue weighted by Gasteiger charge is -2.33. The zero-order valence-electron chi connectivity index (χ0n) is 25.5. The average molecular weight is 623 g/mol. The molecule has 2 aliphatic rings. The second-order valence-electron chi connectivity index (χ2n) is 11.8. The van der Waals surface area contributed by atoms with Crippen molar-refractivity contribution in [2.45, 2.75) is 25.0 Å². The highest BCUT2D eigenvalue weighted by molar-refractivity contribution is 6.23. The number of imide groups is 1. The van der Waals surface area contributed by atoms with E-state index < -0.39 is 11.7 Å². The van der Waals surface area contributed by atoms with Crippen molar-refractivity contribution < 1.29 is 24.2 Å². The number of aliphatic hydroxyl groups is 1. The number of rotatable bonds is 9. The van der Waals surface area contributed by atoms with Crippen molar-refractivity contribution in [2.75, 3.05) is 45.7 Å². The van der Waals surface area contributed by atoms with Gasteiger partial charge >= 0.3 is 0 Å². The molecular weight excluding hydrogens is 588 g/mol. The molecule has 2 amide bonds. The summed E-state index contributed by atoms with van der Waals surface area (Å²) in [5, 5.41) is 15.8. The van der Waals surface area contributed by atoms with Crippen LogP contribution in [0.2, 0.25) is 0 Å². The molecule has 3 aromatic carbocycles. The number of piperidine rings is 1. The molecular formula is C34H34N6O6. The third-order valence-electron chi connectivity index (χ3n) is 8.76. The molecule has 2 aliphatic heterocycles. The second kappa shape index (κ2) is 12.0. The molecule has 12 heteroatoms. The van der Waals surface area contributed by atoms with Crippen LogP contribution in [0.15, 0.2) is 65.6 Å². The molecule has 4 N–H and O–H groups in total. The predicted octanol–water partition coefficient (Wildman–Crippen LogP) is 3.62. The van der Waals surface area contributed by atoms with Gasteiger partial charge in [0.05, 0.1) is 35.0 Å². The quantitative estimate of drug-likeness (QED) is 0.181. The van der Waals surface area contributed by atoms with E-state index in [4.69, 9.17) is 9.47 Å². The van der Waals surface area contributed by atoms with Crippen LogP contribution in [0.1, 0.15) is 33.6 Å². The van der Waals surface area contributed by atoms with Gasteiger partial charge in [-0.25, -0.2) is 4.98 Å². The number of fused-ring (bicyclic) bond motifs is 3. The highest BCUT2D eigenvalue weighted by atomic mass is 16.5. The standard InChI is InChI=1S/C34H34N6O6/c1-39-11-8-21(9-12-39)40-33(43)25-15-28-29(16-26(25)34(40)44)38-31(37-28)30-27(7-10-35-32(30)42)36-17-22(41)18-46-24-6-4-19-13-23(45-2)5-3-20(19)14-24/h3-7,10,13-16,21-22,41H,8-9,11-12,17-18H2,1-2H3,(H,37,38)(H2,35,36,42). The summed E-state index contributed by atoms with van der Waals surface area (Å²) in [6.07, 6.45) is 2.11. The number of aliphatic hydroxyl groups excluding tert-OH is 1. The van der Waals surface area contributed by atoms with Crippen LogP contribution >= 0.6 is 0 Å². The number of likely N-dealkylation sites (tertiary alicyclic amines) is 1. The summed E-state index contributed by atoms with van der Waals surface area (Å²) in [7, 11) is 3.66. The van der Waals surface area contributed by atoms with Crippen LogP contribution in [0.3, 0.4) is 0 Å². The van der Waals surface area contributed by atoms with Gasteiger partial charge in [-0.05, 0) is 86.2 Å². The number of benzene rings is 3. The smallest absolute Gasteiger partial charge is 0.261 e. The maximum Gasteiger partial charge on any atom is 0.261 e. The fraction of sp³-hybridized carbons (Fsp3) is 0.294. The summed E-state index contributed by atoms with van der Waals surface area (Å²) >= 11 is 0. The first-order valence-corrected chi connectivity index (χ1v) is 15.2. The Morgan fingerprint density at radius 2 is 1.67 bits per heavy atom. The molecule has 1 fully saturated rings. The Morgan fingerprint density at radius 1 is 0.978 bits per heavy atom. The summed E-state index contributed by atoms with van der Waals surface area (Å²) in [5.74, 6) is 1.06. The van der Waals surface area contributed by atoms with Gasteiger partial charge < -0.3 is 34.8 Å². The molecule has 12 nitrogen and oxygen atoms in total. The molecule has 0 bridgehead atoms. The van der Waals surface area contributed by atoms with Gasteiger partial charge in [0, 0.05) is 18.8 Å². The lowest BCUT2D eigenvalue weighted by molar-refractivity contribution is 0.0516. The number of ether oxygens (including phenoxy) is 2. The van der Waals surface area contributed by atoms with Gasteiger partial charge in [0.15, 0.2) is 0 Å². The minimum Gasteiger partial charge on any atom is -0.497 e. The van der Waals surface area contributed by atoms with Crippen molar-refractivity contribution in [3.8, 4) is 22.9 Å². The molecule has 46 heavy (non-hydrogen) atoms. The molecule has 1 atom stereocenters. The average Bonchev–Trinajstić information content (AvgIpc) is 3.58. The van der Waals surface area contributed by atoms with E-state index in [-0.39, 0.29) is 42.4 Å². The molecule has 7 rings (SSSR count). The van der Waals surface area contributed by atoms with Crippen molar-refractivity contribution in [3.63, 3.8) is 0 Å². The maximum atomic E-state index is 13.3. The summed E-state index contributed by atoms with van der Waals surface area (Å²) in [6, 6.07) is 16.2. The monoisotopic (exact) mass is 622 g/mol. The number of aromatic amines is 2. The Morgan fingerprint density at radius 3 is 2.41 bits per heavy atom. The zero-order valence-corrected chi connectivity index (χ0v) is 25.5. The van der Waals surface area contributed by atoms with Gasteiger partial charge in [0.25, 0.3) is 17.4 Å². The lowest BCUT2D eigenvalue weighted by Crippen LogP contribution is -2.46. The van der Waals surface area contributed by atoms with Crippen molar-refractivity contribution in [1.29, 1.82) is 0 Å². The van der Waals surface area contributed by atoms with E-state index in [1.807, 2.05) is 43.4 Å². The van der Waals surface area contributed by atoms with E-state index >= 15 is 0 Å². The van der Waals surface area contributed by atoms with E-state index in [0.717, 1.165) is 42.5 Å². The Balaban J connectivity index is 1.06. The minimum atomic E-state index is -0.887. The maximum absolute atomic E-state index is 13.3. The SMILES string of the molecule is COc1ccc2cc(OCC(O)CNc3cc[nH]c(=O)c3-c3nc4cc5c(cc4[nH]3)C(=O)N(C3CCN(C)CC3)C5=O)ccc2c1. The molecule has 5 aromatic rings. The van der Waals surface area contributed by atoms with Crippen molar-refractivity contribution in [3.05, 3.63) is 82.3 Å². The van der Waals surface area contributed by atoms with Crippen LogP contribution in [-0.4, -0.2) is 94.2 Å². The zero-order chi connectivity index (χ0) is 31.9. The molecule has 2 aromatic heterocycles. The topological polar surface area (TPSA) is 153 Å². The van der Waals surface area contributed by atoms with E-state index in [1.54, 1.807) is 25.3 Å². The first-order valence-electron chi connectivity index (χ1n) is 15.2. The number of nitrogens with one attached hydrogen (secondary N) is 3. The highest BCUT2D eigenvalue weighted by Crippen LogP contribution is 2.33. The first kappa shape index (κ1) is 29.5. The largest absolute Gasteiger partial charge is 0.497 e. The summed E-state index contributed by atoms with van der Waals surface area (Å²) < 4.78 is 11.1. The van der Waals surface area contributed by atoms with Gasteiger partial charge in [-0.2, -0.15) is 0 Å². The number of amides is 2. The Hall–Kier alpha value is -5.20. The number of nitrogens with zero attached hydrogens (tertiary/aromatic N) is 3. The van der Waals surface area contributed by atoms with Crippen molar-refractivity contribution in [2.24, 2.45) is 0 Å². The Bertz CT molecular complexity index is 1980. The van der Waals surface area contributed by atoms with E-state index in [2.05, 4.69) is 25.2 Å². The third-order valence-corrected chi connectivity index (χ3v) is 8.76. The lowest BCUT2D eigenvalue weighted by atomic mass is 10.0. The number of anilines is 1. The molecule has 1 saturated heterocycles. The van der Waals surface area contributed by atoms with Gasteiger partial charge in [-0.3, -0.25) is 19.3 Å². The molecule has 0 saturated carbocycles. The first-order chi connectivity index (χ1) is 22.3. The fourth-order valence-electron chi connectivity index (χ4n) is 6.22. The van der Waals surface area contributed by atoms with E-state index in [1.165, 1.54) is 11.1 Å². The third kappa shape index (κ3) is 5.46. The normalized spacial score (nSPS) is 16.3. The van der Waals surface area contributed by atoms with Crippen molar-refractivity contribution >= 4 is 39.3 Å². The van der Waals surface area contributed by atoms with E-state index in [9.17, 15) is 19.5 Å². The van der Waals surface area contributed by atoms with Crippen LogP contribution in [0.5, 0.6) is 11.5 Å². The van der Waals surface area contributed by atoms with Gasteiger partial charge in [0.1, 0.15) is 35.6 Å². The van der Waals surface area contributed by atoms with Gasteiger partial charge in [0.2, 0.25) is 0 Å². The Labute approximate surface area is 264 Å². The van der Waals surface area contributed by atoms with Crippen molar-refractivity contribution in [1.82, 2.24) is 24.8 Å². The highest BCUT2D eigenvalue weighted by Gasteiger charge is 2.41. The summed E-state index contributed by atoms with van der Waals surface area (Å²) in [6.45, 7) is 1.79. The molecule has 1 unspecified atom stereocenters. The number of carbonyl (C=O) groups is 2. The van der Waals surface area contributed by atoms with Gasteiger partial charge in [-0.15, -0.1) is 0 Å². The summed E-state index contributed by atoms with van der Waals surface area (Å²) in [4.78, 5) is 53.7. The van der Waals surface area contributed by atoms with Crippen LogP contribution in [-0.2, 0) is 0 Å². The molecule has 4 heterocycles. The second-order valence-corrected chi connectivity index (χ2v) is 11.8. The molecule has 0 aliphatic carbocycles. The number of pyridine rings is 1. The van der Waals surface area contributed by atoms with Crippen LogP contribution < -0.4 is 20.3 Å². The number of H-pyrrole nitrogens is 2. The number of methoxy groups -OCH3 is 1. The Kier molecular flexibility index (Phi) is 7.67. The minimum absolute atomic E-state index is 0.0278.